The lowest BCUT2D eigenvalue weighted by atomic mass is 9.82. The molecule has 1 nitrogen and oxygen atoms in total. The second-order valence-corrected chi connectivity index (χ2v) is 4.76. The molecule has 0 aromatic heterocycles. The molecular weight excluding hydrogens is 196 g/mol. The normalized spacial score (nSPS) is 17.8. The molecule has 0 amide bonds. The lowest BCUT2D eigenvalue weighted by Gasteiger charge is -2.25. The van der Waals surface area contributed by atoms with E-state index < -0.39 is 0 Å². The summed E-state index contributed by atoms with van der Waals surface area (Å²) < 4.78 is 5.53. The fraction of sp³-hybridized carbons (Fsp3) is 0.467. The molecule has 0 spiro atoms. The van der Waals surface area contributed by atoms with Gasteiger partial charge in [0, 0.05) is 5.56 Å². The van der Waals surface area contributed by atoms with Gasteiger partial charge in [-0.1, -0.05) is 12.2 Å². The van der Waals surface area contributed by atoms with Gasteiger partial charge in [-0.3, -0.25) is 0 Å². The van der Waals surface area contributed by atoms with Crippen LogP contribution in [-0.4, -0.2) is 7.11 Å². The molecule has 1 aromatic carbocycles. The van der Waals surface area contributed by atoms with Crippen molar-refractivity contribution in [3.05, 3.63) is 34.4 Å². The molecule has 0 aliphatic heterocycles. The monoisotopic (exact) mass is 214 g/mol. The van der Waals surface area contributed by atoms with Crippen LogP contribution in [0.5, 0.6) is 5.75 Å². The molecule has 84 valence electrons. The highest BCUT2D eigenvalue weighted by Gasteiger charge is 2.20. The Bertz CT molecular complexity index is 443. The Morgan fingerprint density at radius 2 is 1.94 bits per heavy atom. The third kappa shape index (κ3) is 1.46. The highest BCUT2D eigenvalue weighted by molar-refractivity contribution is 5.67. The first kappa shape index (κ1) is 9.95. The lowest BCUT2D eigenvalue weighted by Crippen LogP contribution is -2.10. The van der Waals surface area contributed by atoms with Crippen LogP contribution in [0.25, 0.3) is 6.08 Å². The smallest absolute Gasteiger partial charge is 0.126 e. The molecule has 0 atom stereocenters. The number of benzene rings is 1. The largest absolute Gasteiger partial charge is 0.496 e. The van der Waals surface area contributed by atoms with Crippen molar-refractivity contribution in [1.82, 2.24) is 0 Å². The summed E-state index contributed by atoms with van der Waals surface area (Å²) in [6.07, 6.45) is 12.1. The van der Waals surface area contributed by atoms with Crippen LogP contribution in [0, 0.1) is 0 Å². The van der Waals surface area contributed by atoms with Crippen molar-refractivity contribution in [2.24, 2.45) is 0 Å². The summed E-state index contributed by atoms with van der Waals surface area (Å²) >= 11 is 0. The first-order valence-electron chi connectivity index (χ1n) is 6.28. The van der Waals surface area contributed by atoms with Crippen molar-refractivity contribution in [2.45, 2.75) is 38.5 Å². The zero-order chi connectivity index (χ0) is 11.0. The molecule has 2 aliphatic rings. The minimum atomic E-state index is 1.08. The van der Waals surface area contributed by atoms with Crippen molar-refractivity contribution in [1.29, 1.82) is 0 Å². The zero-order valence-corrected chi connectivity index (χ0v) is 9.88. The molecule has 16 heavy (non-hydrogen) atoms. The minimum Gasteiger partial charge on any atom is -0.496 e. The fourth-order valence-corrected chi connectivity index (χ4v) is 3.05. The molecule has 0 heterocycles. The van der Waals surface area contributed by atoms with E-state index in [1.165, 1.54) is 49.7 Å². The molecule has 0 saturated carbocycles. The fourth-order valence-electron chi connectivity index (χ4n) is 3.05. The van der Waals surface area contributed by atoms with Gasteiger partial charge in [-0.2, -0.15) is 0 Å². The number of rotatable bonds is 1. The van der Waals surface area contributed by atoms with Crippen LogP contribution in [-0.2, 0) is 19.3 Å². The number of hydrogen-bond acceptors (Lipinski definition) is 1. The van der Waals surface area contributed by atoms with Crippen LogP contribution in [0.1, 0.15) is 41.5 Å². The Hall–Kier alpha value is -1.24. The maximum Gasteiger partial charge on any atom is 0.126 e. The van der Waals surface area contributed by atoms with Crippen LogP contribution in [0.15, 0.2) is 12.1 Å². The molecule has 0 N–H and O–H groups in total. The molecule has 3 rings (SSSR count). The second-order valence-electron chi connectivity index (χ2n) is 4.76. The average Bonchev–Trinajstić information content (AvgIpc) is 2.38. The molecule has 0 bridgehead atoms. The highest BCUT2D eigenvalue weighted by Crippen LogP contribution is 2.36. The van der Waals surface area contributed by atoms with Crippen LogP contribution < -0.4 is 4.74 Å². The molecule has 1 aromatic rings. The Labute approximate surface area is 97.1 Å². The van der Waals surface area contributed by atoms with E-state index in [9.17, 15) is 0 Å². The molecule has 1 heteroatoms. The number of fused-ring (bicyclic) bond motifs is 3. The topological polar surface area (TPSA) is 9.23 Å². The molecule has 0 saturated heterocycles. The average molecular weight is 214 g/mol. The summed E-state index contributed by atoms with van der Waals surface area (Å²) in [5.41, 5.74) is 6.08. The summed E-state index contributed by atoms with van der Waals surface area (Å²) in [4.78, 5) is 0. The zero-order valence-electron chi connectivity index (χ0n) is 9.88. The van der Waals surface area contributed by atoms with Crippen LogP contribution in [0.2, 0.25) is 0 Å². The Morgan fingerprint density at radius 3 is 2.81 bits per heavy atom. The minimum absolute atomic E-state index is 1.08. The van der Waals surface area contributed by atoms with E-state index in [1.807, 2.05) is 0 Å². The van der Waals surface area contributed by atoms with E-state index >= 15 is 0 Å². The van der Waals surface area contributed by atoms with Gasteiger partial charge in [0.2, 0.25) is 0 Å². The Balaban J connectivity index is 2.22. The predicted molar refractivity (Wildman–Crippen MR) is 67.0 cm³/mol. The van der Waals surface area contributed by atoms with Gasteiger partial charge in [-0.25, -0.2) is 0 Å². The summed E-state index contributed by atoms with van der Waals surface area (Å²) in [7, 11) is 1.78. The first-order valence-corrected chi connectivity index (χ1v) is 6.28. The van der Waals surface area contributed by atoms with E-state index in [2.05, 4.69) is 18.2 Å². The van der Waals surface area contributed by atoms with Gasteiger partial charge in [0.05, 0.1) is 7.11 Å². The summed E-state index contributed by atoms with van der Waals surface area (Å²) in [6.45, 7) is 0. The summed E-state index contributed by atoms with van der Waals surface area (Å²) in [5, 5.41) is 0. The van der Waals surface area contributed by atoms with Crippen molar-refractivity contribution < 1.29 is 4.74 Å². The molecule has 2 aliphatic carbocycles. The van der Waals surface area contributed by atoms with E-state index in [1.54, 1.807) is 18.2 Å². The standard InChI is InChI=1S/C15H18O/c1-16-15-10-11-6-2-3-7-12(11)13-8-4-5-9-14(13)15/h5,9-10H,2-4,6-8H2,1H3. The van der Waals surface area contributed by atoms with Crippen molar-refractivity contribution in [3.8, 4) is 5.75 Å². The third-order valence-corrected chi connectivity index (χ3v) is 3.84. The number of hydrogen-bond donors (Lipinski definition) is 0. The van der Waals surface area contributed by atoms with Crippen LogP contribution in [0.3, 0.4) is 0 Å². The maximum absolute atomic E-state index is 5.53. The van der Waals surface area contributed by atoms with Gasteiger partial charge in [0.15, 0.2) is 0 Å². The third-order valence-electron chi connectivity index (χ3n) is 3.84. The van der Waals surface area contributed by atoms with Crippen LogP contribution in [0.4, 0.5) is 0 Å². The van der Waals surface area contributed by atoms with Gasteiger partial charge in [-0.05, 0) is 61.3 Å². The van der Waals surface area contributed by atoms with Gasteiger partial charge >= 0.3 is 0 Å². The van der Waals surface area contributed by atoms with Gasteiger partial charge in [0.1, 0.15) is 5.75 Å². The van der Waals surface area contributed by atoms with Crippen molar-refractivity contribution in [2.75, 3.05) is 7.11 Å². The lowest BCUT2D eigenvalue weighted by molar-refractivity contribution is 0.411. The Morgan fingerprint density at radius 1 is 1.06 bits per heavy atom. The van der Waals surface area contributed by atoms with Crippen molar-refractivity contribution >= 4 is 6.08 Å². The number of aryl methyl sites for hydroxylation is 1. The van der Waals surface area contributed by atoms with Gasteiger partial charge in [-0.15, -0.1) is 0 Å². The van der Waals surface area contributed by atoms with E-state index in [4.69, 9.17) is 4.74 Å². The van der Waals surface area contributed by atoms with Crippen LogP contribution >= 0.6 is 0 Å². The Kier molecular flexibility index (Phi) is 2.47. The number of methoxy groups -OCH3 is 1. The molecular formula is C15H18O. The SMILES string of the molecule is COc1cc2c(c3c1C=CCC3)CCCC2. The maximum atomic E-state index is 5.53. The molecule has 0 radical (unpaired) electrons. The quantitative estimate of drug-likeness (QED) is 0.695. The van der Waals surface area contributed by atoms with E-state index in [-0.39, 0.29) is 0 Å². The molecule has 0 unspecified atom stereocenters. The summed E-state index contributed by atoms with van der Waals surface area (Å²) in [5.74, 6) is 1.08. The predicted octanol–water partition coefficient (Wildman–Crippen LogP) is 3.53. The number of ether oxygens (including phenoxy) is 1. The summed E-state index contributed by atoms with van der Waals surface area (Å²) in [6, 6.07) is 2.27. The second kappa shape index (κ2) is 3.97. The van der Waals surface area contributed by atoms with Gasteiger partial charge in [0.25, 0.3) is 0 Å². The van der Waals surface area contributed by atoms with E-state index in [0.717, 1.165) is 5.75 Å². The van der Waals surface area contributed by atoms with E-state index in [0.29, 0.717) is 0 Å². The molecule has 0 fully saturated rings. The van der Waals surface area contributed by atoms with Gasteiger partial charge < -0.3 is 4.74 Å². The number of allylic oxidation sites excluding steroid dienone is 1. The highest BCUT2D eigenvalue weighted by atomic mass is 16.5. The first-order chi connectivity index (χ1) is 7.90. The van der Waals surface area contributed by atoms with Crippen molar-refractivity contribution in [3.63, 3.8) is 0 Å².